The van der Waals surface area contributed by atoms with Crippen LogP contribution in [0.15, 0.2) is 42.5 Å². The lowest BCUT2D eigenvalue weighted by atomic mass is 10.1. The topological polar surface area (TPSA) is 81.5 Å². The molecule has 0 atom stereocenters. The zero-order valence-corrected chi connectivity index (χ0v) is 11.6. The van der Waals surface area contributed by atoms with Gasteiger partial charge >= 0.3 is 0 Å². The summed E-state index contributed by atoms with van der Waals surface area (Å²) in [5.41, 5.74) is 1.45. The number of anilines is 2. The highest BCUT2D eigenvalue weighted by Gasteiger charge is 2.14. The van der Waals surface area contributed by atoms with Gasteiger partial charge in [-0.25, -0.2) is 0 Å². The molecule has 0 unspecified atom stereocenters. The molecule has 0 saturated heterocycles. The number of methoxy groups -OCH3 is 1. The van der Waals surface area contributed by atoms with Crippen molar-refractivity contribution < 1.29 is 14.5 Å². The molecule has 6 heteroatoms. The van der Waals surface area contributed by atoms with Gasteiger partial charge in [-0.15, -0.1) is 0 Å². The molecule has 2 aromatic carbocycles. The first-order valence-corrected chi connectivity index (χ1v) is 6.21. The van der Waals surface area contributed by atoms with Gasteiger partial charge in [-0.2, -0.15) is 0 Å². The molecule has 6 nitrogen and oxygen atoms in total. The standard InChI is InChI=1S/C15H14N2O4/c1-10(18)14-9-12(17(19)20)5-8-15(14)16-11-3-6-13(21-2)7-4-11/h3-9,16H,1-2H3. The van der Waals surface area contributed by atoms with Gasteiger partial charge in [0, 0.05) is 29.1 Å². The number of nitrogens with zero attached hydrogens (tertiary/aromatic N) is 1. The molecule has 108 valence electrons. The molecule has 0 spiro atoms. The van der Waals surface area contributed by atoms with Crippen LogP contribution in [0.25, 0.3) is 0 Å². The van der Waals surface area contributed by atoms with E-state index in [1.165, 1.54) is 25.1 Å². The van der Waals surface area contributed by atoms with Crippen LogP contribution >= 0.6 is 0 Å². The molecule has 0 aliphatic rings. The van der Waals surface area contributed by atoms with Gasteiger partial charge in [-0.1, -0.05) is 0 Å². The SMILES string of the molecule is COc1ccc(Nc2ccc([N+](=O)[O-])cc2C(C)=O)cc1. The summed E-state index contributed by atoms with van der Waals surface area (Å²) < 4.78 is 5.07. The second kappa shape index (κ2) is 6.04. The zero-order valence-electron chi connectivity index (χ0n) is 11.6. The van der Waals surface area contributed by atoms with Crippen molar-refractivity contribution in [2.75, 3.05) is 12.4 Å². The van der Waals surface area contributed by atoms with Crippen molar-refractivity contribution in [3.63, 3.8) is 0 Å². The lowest BCUT2D eigenvalue weighted by molar-refractivity contribution is -0.384. The first kappa shape index (κ1) is 14.5. The van der Waals surface area contributed by atoms with E-state index < -0.39 is 4.92 Å². The lowest BCUT2D eigenvalue weighted by Crippen LogP contribution is -2.02. The molecule has 1 N–H and O–H groups in total. The van der Waals surface area contributed by atoms with Crippen LogP contribution < -0.4 is 10.1 Å². The number of hydrogen-bond donors (Lipinski definition) is 1. The van der Waals surface area contributed by atoms with Crippen molar-refractivity contribution in [2.45, 2.75) is 6.92 Å². The molecule has 0 bridgehead atoms. The Kier molecular flexibility index (Phi) is 4.18. The zero-order chi connectivity index (χ0) is 15.4. The first-order valence-electron chi connectivity index (χ1n) is 6.21. The van der Waals surface area contributed by atoms with Crippen LogP contribution in [0.5, 0.6) is 5.75 Å². The third kappa shape index (κ3) is 3.36. The van der Waals surface area contributed by atoms with E-state index >= 15 is 0 Å². The van der Waals surface area contributed by atoms with E-state index in [0.717, 1.165) is 11.4 Å². The van der Waals surface area contributed by atoms with Crippen molar-refractivity contribution >= 4 is 22.8 Å². The second-order valence-corrected chi connectivity index (χ2v) is 4.40. The van der Waals surface area contributed by atoms with E-state index in [-0.39, 0.29) is 17.0 Å². The number of ketones is 1. The Labute approximate surface area is 121 Å². The van der Waals surface area contributed by atoms with Gasteiger partial charge in [0.25, 0.3) is 5.69 Å². The number of non-ortho nitro benzene ring substituents is 1. The summed E-state index contributed by atoms with van der Waals surface area (Å²) in [6, 6.07) is 11.3. The van der Waals surface area contributed by atoms with Gasteiger partial charge in [0.05, 0.1) is 12.0 Å². The van der Waals surface area contributed by atoms with Crippen LogP contribution in [0.2, 0.25) is 0 Å². The third-order valence-electron chi connectivity index (χ3n) is 2.96. The quantitative estimate of drug-likeness (QED) is 0.516. The fourth-order valence-electron chi connectivity index (χ4n) is 1.88. The Bertz CT molecular complexity index is 681. The van der Waals surface area contributed by atoms with Gasteiger partial charge in [0.2, 0.25) is 0 Å². The molecule has 2 aromatic rings. The summed E-state index contributed by atoms with van der Waals surface area (Å²) in [7, 11) is 1.58. The van der Waals surface area contributed by atoms with E-state index in [1.54, 1.807) is 31.4 Å². The average Bonchev–Trinajstić information content (AvgIpc) is 2.48. The summed E-state index contributed by atoms with van der Waals surface area (Å²) in [6.07, 6.45) is 0. The largest absolute Gasteiger partial charge is 0.497 e. The summed E-state index contributed by atoms with van der Waals surface area (Å²) in [5.74, 6) is 0.478. The number of carbonyl (C=O) groups excluding carboxylic acids is 1. The van der Waals surface area contributed by atoms with Crippen LogP contribution in [0.4, 0.5) is 17.1 Å². The fraction of sp³-hybridized carbons (Fsp3) is 0.133. The number of carbonyl (C=O) groups is 1. The smallest absolute Gasteiger partial charge is 0.270 e. The molecule has 0 radical (unpaired) electrons. The van der Waals surface area contributed by atoms with Crippen LogP contribution in [-0.2, 0) is 0 Å². The van der Waals surface area contributed by atoms with Gasteiger partial charge < -0.3 is 10.1 Å². The Hall–Kier alpha value is -2.89. The number of Topliss-reactive ketones (excluding diaryl/α,β-unsaturated/α-hetero) is 1. The highest BCUT2D eigenvalue weighted by Crippen LogP contribution is 2.26. The predicted molar refractivity (Wildman–Crippen MR) is 79.4 cm³/mol. The minimum absolute atomic E-state index is 0.111. The molecule has 0 aromatic heterocycles. The highest BCUT2D eigenvalue weighted by molar-refractivity contribution is 6.00. The van der Waals surface area contributed by atoms with E-state index in [4.69, 9.17) is 4.74 Å². The lowest BCUT2D eigenvalue weighted by Gasteiger charge is -2.10. The van der Waals surface area contributed by atoms with Gasteiger partial charge in [-0.3, -0.25) is 14.9 Å². The Balaban J connectivity index is 2.34. The number of benzene rings is 2. The van der Waals surface area contributed by atoms with Crippen molar-refractivity contribution in [3.05, 3.63) is 58.1 Å². The van der Waals surface area contributed by atoms with Gasteiger partial charge in [-0.05, 0) is 37.3 Å². The van der Waals surface area contributed by atoms with Crippen LogP contribution in [-0.4, -0.2) is 17.8 Å². The number of nitro benzene ring substituents is 1. The Morgan fingerprint density at radius 2 is 1.86 bits per heavy atom. The Morgan fingerprint density at radius 1 is 1.19 bits per heavy atom. The minimum atomic E-state index is -0.524. The van der Waals surface area contributed by atoms with Crippen molar-refractivity contribution in [2.24, 2.45) is 0 Å². The summed E-state index contributed by atoms with van der Waals surface area (Å²) in [4.78, 5) is 21.9. The molecule has 0 amide bonds. The number of ether oxygens (including phenoxy) is 1. The molecule has 0 fully saturated rings. The maximum Gasteiger partial charge on any atom is 0.270 e. The van der Waals surface area contributed by atoms with E-state index in [2.05, 4.69) is 5.32 Å². The summed E-state index contributed by atoms with van der Waals surface area (Å²) in [5, 5.41) is 13.8. The maximum atomic E-state index is 11.6. The monoisotopic (exact) mass is 286 g/mol. The molecule has 0 heterocycles. The van der Waals surface area contributed by atoms with Crippen LogP contribution in [0, 0.1) is 10.1 Å². The highest BCUT2D eigenvalue weighted by atomic mass is 16.6. The molecule has 0 aliphatic carbocycles. The van der Waals surface area contributed by atoms with Crippen molar-refractivity contribution in [1.29, 1.82) is 0 Å². The number of nitro groups is 1. The summed E-state index contributed by atoms with van der Waals surface area (Å²) >= 11 is 0. The molecule has 2 rings (SSSR count). The average molecular weight is 286 g/mol. The first-order chi connectivity index (χ1) is 10.0. The van der Waals surface area contributed by atoms with E-state index in [0.29, 0.717) is 5.69 Å². The molecule has 0 saturated carbocycles. The van der Waals surface area contributed by atoms with Gasteiger partial charge in [0.1, 0.15) is 5.75 Å². The number of hydrogen-bond acceptors (Lipinski definition) is 5. The number of rotatable bonds is 5. The fourth-order valence-corrected chi connectivity index (χ4v) is 1.88. The van der Waals surface area contributed by atoms with Crippen molar-refractivity contribution in [1.82, 2.24) is 0 Å². The molecule has 0 aliphatic heterocycles. The third-order valence-corrected chi connectivity index (χ3v) is 2.96. The molecular formula is C15H14N2O4. The summed E-state index contributed by atoms with van der Waals surface area (Å²) in [6.45, 7) is 1.37. The predicted octanol–water partition coefficient (Wildman–Crippen LogP) is 3.55. The van der Waals surface area contributed by atoms with E-state index in [1.807, 2.05) is 0 Å². The van der Waals surface area contributed by atoms with Crippen LogP contribution in [0.1, 0.15) is 17.3 Å². The second-order valence-electron chi connectivity index (χ2n) is 4.40. The normalized spacial score (nSPS) is 10.0. The van der Waals surface area contributed by atoms with Crippen molar-refractivity contribution in [3.8, 4) is 5.75 Å². The Morgan fingerprint density at radius 3 is 2.38 bits per heavy atom. The van der Waals surface area contributed by atoms with Crippen LogP contribution in [0.3, 0.4) is 0 Å². The van der Waals surface area contributed by atoms with Gasteiger partial charge in [0.15, 0.2) is 5.78 Å². The maximum absolute atomic E-state index is 11.6. The van der Waals surface area contributed by atoms with E-state index in [9.17, 15) is 14.9 Å². The molecular weight excluding hydrogens is 272 g/mol. The number of nitrogens with one attached hydrogen (secondary N) is 1. The molecule has 21 heavy (non-hydrogen) atoms. The minimum Gasteiger partial charge on any atom is -0.497 e.